The highest BCUT2D eigenvalue weighted by molar-refractivity contribution is 5.96. The van der Waals surface area contributed by atoms with Gasteiger partial charge in [0.1, 0.15) is 0 Å². The van der Waals surface area contributed by atoms with Crippen molar-refractivity contribution in [3.63, 3.8) is 0 Å². The van der Waals surface area contributed by atoms with Crippen molar-refractivity contribution >= 4 is 28.5 Å². The van der Waals surface area contributed by atoms with Crippen molar-refractivity contribution in [1.29, 1.82) is 0 Å². The summed E-state index contributed by atoms with van der Waals surface area (Å²) in [7, 11) is 0. The Morgan fingerprint density at radius 1 is 1.08 bits per heavy atom. The quantitative estimate of drug-likeness (QED) is 0.731. The van der Waals surface area contributed by atoms with Gasteiger partial charge in [-0.3, -0.25) is 0 Å². The zero-order valence-corrected chi connectivity index (χ0v) is 14.0. The molecule has 0 atom stereocenters. The van der Waals surface area contributed by atoms with Crippen LogP contribution in [-0.2, 0) is 4.74 Å². The Hall–Kier alpha value is -2.95. The third kappa shape index (κ3) is 3.20. The van der Waals surface area contributed by atoms with Crippen LogP contribution in [0.15, 0.2) is 42.5 Å². The Morgan fingerprint density at radius 2 is 1.79 bits per heavy atom. The van der Waals surface area contributed by atoms with Crippen molar-refractivity contribution in [3.05, 3.63) is 59.3 Å². The second-order valence-corrected chi connectivity index (χ2v) is 5.57. The normalized spacial score (nSPS) is 10.6. The Balaban J connectivity index is 2.11. The molecule has 0 unspecified atom stereocenters. The number of hydrogen-bond acceptors (Lipinski definition) is 5. The van der Waals surface area contributed by atoms with E-state index in [1.807, 2.05) is 56.3 Å². The first-order chi connectivity index (χ1) is 11.6. The minimum absolute atomic E-state index is 0.191. The van der Waals surface area contributed by atoms with Gasteiger partial charge in [-0.2, -0.15) is 0 Å². The summed E-state index contributed by atoms with van der Waals surface area (Å²) in [6.07, 6.45) is 0. The Labute approximate surface area is 140 Å². The van der Waals surface area contributed by atoms with Crippen LogP contribution in [0.3, 0.4) is 0 Å². The van der Waals surface area contributed by atoms with Crippen LogP contribution in [0.5, 0.6) is 0 Å². The molecule has 24 heavy (non-hydrogen) atoms. The van der Waals surface area contributed by atoms with Crippen molar-refractivity contribution in [1.82, 2.24) is 9.97 Å². The van der Waals surface area contributed by atoms with Crippen molar-refractivity contribution in [3.8, 4) is 0 Å². The summed E-state index contributed by atoms with van der Waals surface area (Å²) in [6, 6.07) is 13.5. The first-order valence-corrected chi connectivity index (χ1v) is 7.86. The van der Waals surface area contributed by atoms with E-state index in [1.165, 1.54) is 0 Å². The number of rotatable bonds is 4. The van der Waals surface area contributed by atoms with Crippen LogP contribution in [0.4, 0.5) is 11.5 Å². The van der Waals surface area contributed by atoms with Gasteiger partial charge in [0.25, 0.3) is 0 Å². The maximum atomic E-state index is 12.3. The van der Waals surface area contributed by atoms with Gasteiger partial charge < -0.3 is 10.1 Å². The van der Waals surface area contributed by atoms with Crippen LogP contribution < -0.4 is 5.32 Å². The average Bonchev–Trinajstić information content (AvgIpc) is 2.57. The average molecular weight is 321 g/mol. The molecule has 3 aromatic rings. The SMILES string of the molecule is CCOC(=O)c1nc2ccccc2nc1Nc1cc(C)ccc1C. The van der Waals surface area contributed by atoms with E-state index in [0.717, 1.165) is 22.3 Å². The molecule has 5 nitrogen and oxygen atoms in total. The fraction of sp³-hybridized carbons (Fsp3) is 0.211. The molecular formula is C19H19N3O2. The highest BCUT2D eigenvalue weighted by atomic mass is 16.5. The lowest BCUT2D eigenvalue weighted by molar-refractivity contribution is 0.0521. The summed E-state index contributed by atoms with van der Waals surface area (Å²) in [4.78, 5) is 21.3. The molecule has 0 radical (unpaired) electrons. The zero-order valence-electron chi connectivity index (χ0n) is 14.0. The summed E-state index contributed by atoms with van der Waals surface area (Å²) in [5.74, 6) is -0.0793. The van der Waals surface area contributed by atoms with Crippen molar-refractivity contribution in [2.45, 2.75) is 20.8 Å². The number of para-hydroxylation sites is 2. The Morgan fingerprint density at radius 3 is 2.50 bits per heavy atom. The van der Waals surface area contributed by atoms with Crippen molar-refractivity contribution < 1.29 is 9.53 Å². The molecule has 0 fully saturated rings. The number of esters is 1. The summed E-state index contributed by atoms with van der Waals surface area (Å²) >= 11 is 0. The van der Waals surface area contributed by atoms with Crippen LogP contribution in [0.1, 0.15) is 28.5 Å². The van der Waals surface area contributed by atoms with Crippen LogP contribution >= 0.6 is 0 Å². The molecule has 122 valence electrons. The van der Waals surface area contributed by atoms with Crippen LogP contribution in [0.2, 0.25) is 0 Å². The summed E-state index contributed by atoms with van der Waals surface area (Å²) in [5.41, 5.74) is 4.65. The number of carbonyl (C=O) groups is 1. The number of anilines is 2. The van der Waals surface area contributed by atoms with Crippen LogP contribution in [-0.4, -0.2) is 22.5 Å². The number of hydrogen-bond donors (Lipinski definition) is 1. The number of benzene rings is 2. The summed E-state index contributed by atoms with van der Waals surface area (Å²) < 4.78 is 5.13. The van der Waals surface area contributed by atoms with Crippen molar-refractivity contribution in [2.75, 3.05) is 11.9 Å². The maximum Gasteiger partial charge on any atom is 0.360 e. The molecule has 0 aliphatic heterocycles. The molecule has 1 aromatic heterocycles. The number of fused-ring (bicyclic) bond motifs is 1. The number of carbonyl (C=O) groups excluding carboxylic acids is 1. The largest absolute Gasteiger partial charge is 0.461 e. The highest BCUT2D eigenvalue weighted by Gasteiger charge is 2.18. The summed E-state index contributed by atoms with van der Waals surface area (Å²) in [5, 5.41) is 3.24. The molecule has 0 amide bonds. The number of ether oxygens (including phenoxy) is 1. The first kappa shape index (κ1) is 15.9. The van der Waals surface area contributed by atoms with E-state index in [4.69, 9.17) is 4.74 Å². The third-order valence-electron chi connectivity index (χ3n) is 3.69. The van der Waals surface area contributed by atoms with Crippen molar-refractivity contribution in [2.24, 2.45) is 0 Å². The topological polar surface area (TPSA) is 64.1 Å². The lowest BCUT2D eigenvalue weighted by Gasteiger charge is -2.13. The maximum absolute atomic E-state index is 12.3. The van der Waals surface area contributed by atoms with E-state index < -0.39 is 5.97 Å². The van der Waals surface area contributed by atoms with Gasteiger partial charge in [0, 0.05) is 5.69 Å². The Kier molecular flexibility index (Phi) is 4.42. The summed E-state index contributed by atoms with van der Waals surface area (Å²) in [6.45, 7) is 6.07. The van der Waals surface area contributed by atoms with Gasteiger partial charge in [0.15, 0.2) is 11.5 Å². The van der Waals surface area contributed by atoms with Crippen LogP contribution in [0.25, 0.3) is 11.0 Å². The molecule has 1 N–H and O–H groups in total. The van der Waals surface area contributed by atoms with Gasteiger partial charge >= 0.3 is 5.97 Å². The highest BCUT2D eigenvalue weighted by Crippen LogP contribution is 2.24. The van der Waals surface area contributed by atoms with E-state index >= 15 is 0 Å². The van der Waals surface area contributed by atoms with Gasteiger partial charge in [0.2, 0.25) is 0 Å². The molecule has 3 rings (SSSR count). The lowest BCUT2D eigenvalue weighted by atomic mass is 10.1. The minimum Gasteiger partial charge on any atom is -0.461 e. The standard InChI is InChI=1S/C19H19N3O2/c1-4-24-19(23)17-18(21-15-8-6-5-7-14(15)20-17)22-16-11-12(2)9-10-13(16)3/h5-11H,4H2,1-3H3,(H,21,22). The fourth-order valence-electron chi connectivity index (χ4n) is 2.43. The van der Waals surface area contributed by atoms with Gasteiger partial charge in [-0.25, -0.2) is 14.8 Å². The number of aromatic nitrogens is 2. The molecule has 0 aliphatic rings. The van der Waals surface area contributed by atoms with E-state index in [9.17, 15) is 4.79 Å². The second kappa shape index (κ2) is 6.66. The molecule has 0 saturated heterocycles. The fourth-order valence-corrected chi connectivity index (χ4v) is 2.43. The predicted octanol–water partition coefficient (Wildman–Crippen LogP) is 4.17. The van der Waals surface area contributed by atoms with E-state index in [1.54, 1.807) is 6.92 Å². The molecule has 0 spiro atoms. The molecule has 0 saturated carbocycles. The van der Waals surface area contributed by atoms with Gasteiger partial charge in [-0.05, 0) is 50.1 Å². The minimum atomic E-state index is -0.483. The van der Waals surface area contributed by atoms with Crippen LogP contribution in [0, 0.1) is 13.8 Å². The first-order valence-electron chi connectivity index (χ1n) is 7.86. The molecule has 0 bridgehead atoms. The lowest BCUT2D eigenvalue weighted by Crippen LogP contribution is -2.12. The van der Waals surface area contributed by atoms with Gasteiger partial charge in [0.05, 0.1) is 17.6 Å². The van der Waals surface area contributed by atoms with E-state index in [2.05, 4.69) is 15.3 Å². The Bertz CT molecular complexity index is 906. The third-order valence-corrected chi connectivity index (χ3v) is 3.69. The second-order valence-electron chi connectivity index (χ2n) is 5.57. The monoisotopic (exact) mass is 321 g/mol. The van der Waals surface area contributed by atoms with E-state index in [-0.39, 0.29) is 12.3 Å². The molecule has 2 aromatic carbocycles. The van der Waals surface area contributed by atoms with E-state index in [0.29, 0.717) is 11.3 Å². The number of nitrogens with zero attached hydrogens (tertiary/aromatic N) is 2. The molecule has 0 aliphatic carbocycles. The molecule has 1 heterocycles. The predicted molar refractivity (Wildman–Crippen MR) is 94.7 cm³/mol. The smallest absolute Gasteiger partial charge is 0.360 e. The van der Waals surface area contributed by atoms with Gasteiger partial charge in [-0.15, -0.1) is 0 Å². The molecular weight excluding hydrogens is 302 g/mol. The van der Waals surface area contributed by atoms with Gasteiger partial charge in [-0.1, -0.05) is 24.3 Å². The molecule has 5 heteroatoms. The zero-order chi connectivity index (χ0) is 17.1. The number of nitrogens with one attached hydrogen (secondary N) is 1. The number of aryl methyl sites for hydroxylation is 2.